The summed E-state index contributed by atoms with van der Waals surface area (Å²) < 4.78 is 5.56. The molecule has 1 rings (SSSR count). The Bertz CT molecular complexity index is 130. The third-order valence-electron chi connectivity index (χ3n) is 3.01. The van der Waals surface area contributed by atoms with Gasteiger partial charge >= 0.3 is 0 Å². The predicted octanol–water partition coefficient (Wildman–Crippen LogP) is 2.07. The molecule has 1 aliphatic rings. The lowest BCUT2D eigenvalue weighted by Gasteiger charge is -2.38. The first-order valence-corrected chi connectivity index (χ1v) is 5.09. The van der Waals surface area contributed by atoms with Gasteiger partial charge in [-0.25, -0.2) is 0 Å². The second kappa shape index (κ2) is 4.24. The van der Waals surface area contributed by atoms with E-state index in [0.29, 0.717) is 0 Å². The standard InChI is InChI=1S/C10H21NO/c1-3-12-9(2)10(11)7-5-4-6-8-10/h9H,3-8,11H2,1-2H3. The van der Waals surface area contributed by atoms with Gasteiger partial charge in [0, 0.05) is 12.1 Å². The Morgan fingerprint density at radius 1 is 1.33 bits per heavy atom. The van der Waals surface area contributed by atoms with Gasteiger partial charge in [-0.2, -0.15) is 0 Å². The Kier molecular flexibility index (Phi) is 3.53. The highest BCUT2D eigenvalue weighted by Crippen LogP contribution is 2.29. The van der Waals surface area contributed by atoms with Crippen molar-refractivity contribution in [3.63, 3.8) is 0 Å². The van der Waals surface area contributed by atoms with Gasteiger partial charge in [0.25, 0.3) is 0 Å². The maximum absolute atomic E-state index is 6.26. The van der Waals surface area contributed by atoms with Crippen LogP contribution in [0, 0.1) is 0 Å². The lowest BCUT2D eigenvalue weighted by molar-refractivity contribution is 0.00356. The minimum atomic E-state index is -0.0335. The van der Waals surface area contributed by atoms with Crippen LogP contribution in [-0.4, -0.2) is 18.2 Å². The molecular formula is C10H21NO. The van der Waals surface area contributed by atoms with E-state index in [4.69, 9.17) is 10.5 Å². The van der Waals surface area contributed by atoms with Crippen molar-refractivity contribution >= 4 is 0 Å². The van der Waals surface area contributed by atoms with Crippen molar-refractivity contribution in [1.82, 2.24) is 0 Å². The molecule has 12 heavy (non-hydrogen) atoms. The van der Waals surface area contributed by atoms with Crippen LogP contribution < -0.4 is 5.73 Å². The highest BCUT2D eigenvalue weighted by molar-refractivity contribution is 4.92. The average Bonchev–Trinajstić information content (AvgIpc) is 2.06. The lowest BCUT2D eigenvalue weighted by Crippen LogP contribution is -2.51. The first-order valence-electron chi connectivity index (χ1n) is 5.09. The van der Waals surface area contributed by atoms with Gasteiger partial charge in [-0.15, -0.1) is 0 Å². The van der Waals surface area contributed by atoms with Gasteiger partial charge in [-0.1, -0.05) is 19.3 Å². The fourth-order valence-electron chi connectivity index (χ4n) is 2.03. The number of ether oxygens (including phenoxy) is 1. The number of nitrogens with two attached hydrogens (primary N) is 1. The van der Waals surface area contributed by atoms with Crippen molar-refractivity contribution in [2.75, 3.05) is 6.61 Å². The van der Waals surface area contributed by atoms with Crippen molar-refractivity contribution in [2.45, 2.75) is 57.6 Å². The Labute approximate surface area is 75.5 Å². The number of hydrogen-bond acceptors (Lipinski definition) is 2. The zero-order valence-electron chi connectivity index (χ0n) is 8.31. The second-order valence-electron chi connectivity index (χ2n) is 3.89. The minimum Gasteiger partial charge on any atom is -0.377 e. The Morgan fingerprint density at radius 2 is 1.92 bits per heavy atom. The van der Waals surface area contributed by atoms with Gasteiger partial charge in [-0.3, -0.25) is 0 Å². The molecule has 0 aromatic rings. The number of hydrogen-bond donors (Lipinski definition) is 1. The van der Waals surface area contributed by atoms with Crippen LogP contribution in [0.5, 0.6) is 0 Å². The van der Waals surface area contributed by atoms with Crippen molar-refractivity contribution in [2.24, 2.45) is 5.73 Å². The maximum atomic E-state index is 6.26. The second-order valence-corrected chi connectivity index (χ2v) is 3.89. The van der Waals surface area contributed by atoms with Gasteiger partial charge in [0.05, 0.1) is 6.10 Å². The minimum absolute atomic E-state index is 0.0335. The van der Waals surface area contributed by atoms with Crippen LogP contribution >= 0.6 is 0 Å². The summed E-state index contributed by atoms with van der Waals surface area (Å²) in [7, 11) is 0. The molecule has 0 heterocycles. The van der Waals surface area contributed by atoms with Gasteiger partial charge in [0.1, 0.15) is 0 Å². The Morgan fingerprint density at radius 3 is 2.42 bits per heavy atom. The summed E-state index contributed by atoms with van der Waals surface area (Å²) in [6.07, 6.45) is 6.38. The lowest BCUT2D eigenvalue weighted by atomic mass is 9.79. The molecule has 1 fully saturated rings. The molecule has 72 valence electrons. The summed E-state index contributed by atoms with van der Waals surface area (Å²) in [6.45, 7) is 4.91. The largest absolute Gasteiger partial charge is 0.377 e. The maximum Gasteiger partial charge on any atom is 0.0726 e. The SMILES string of the molecule is CCOC(C)C1(N)CCCCC1. The smallest absolute Gasteiger partial charge is 0.0726 e. The van der Waals surface area contributed by atoms with Gasteiger partial charge in [0.15, 0.2) is 0 Å². The summed E-state index contributed by atoms with van der Waals surface area (Å²) in [5.41, 5.74) is 6.23. The first-order chi connectivity index (χ1) is 5.69. The van der Waals surface area contributed by atoms with Crippen LogP contribution in [0.4, 0.5) is 0 Å². The quantitative estimate of drug-likeness (QED) is 0.705. The first kappa shape index (κ1) is 10.0. The van der Waals surface area contributed by atoms with Crippen LogP contribution in [0.15, 0.2) is 0 Å². The van der Waals surface area contributed by atoms with Crippen LogP contribution in [0.3, 0.4) is 0 Å². The van der Waals surface area contributed by atoms with E-state index in [0.717, 1.165) is 19.4 Å². The van der Waals surface area contributed by atoms with Crippen LogP contribution in [0.2, 0.25) is 0 Å². The molecule has 0 bridgehead atoms. The highest BCUT2D eigenvalue weighted by Gasteiger charge is 2.33. The van der Waals surface area contributed by atoms with Gasteiger partial charge in [-0.05, 0) is 26.7 Å². The van der Waals surface area contributed by atoms with Crippen LogP contribution in [-0.2, 0) is 4.74 Å². The Hall–Kier alpha value is -0.0800. The Balaban J connectivity index is 2.44. The molecule has 1 saturated carbocycles. The zero-order chi connectivity index (χ0) is 9.03. The highest BCUT2D eigenvalue weighted by atomic mass is 16.5. The van der Waals surface area contributed by atoms with Crippen LogP contribution in [0.1, 0.15) is 46.0 Å². The summed E-state index contributed by atoms with van der Waals surface area (Å²) in [5.74, 6) is 0. The molecule has 1 atom stereocenters. The van der Waals surface area contributed by atoms with Gasteiger partial charge < -0.3 is 10.5 Å². The summed E-state index contributed by atoms with van der Waals surface area (Å²) in [4.78, 5) is 0. The number of rotatable bonds is 3. The predicted molar refractivity (Wildman–Crippen MR) is 51.1 cm³/mol. The molecule has 2 nitrogen and oxygen atoms in total. The topological polar surface area (TPSA) is 35.2 Å². The summed E-state index contributed by atoms with van der Waals surface area (Å²) >= 11 is 0. The van der Waals surface area contributed by atoms with E-state index >= 15 is 0 Å². The van der Waals surface area contributed by atoms with Crippen molar-refractivity contribution in [1.29, 1.82) is 0 Å². The molecule has 0 saturated heterocycles. The van der Waals surface area contributed by atoms with E-state index in [1.165, 1.54) is 19.3 Å². The third-order valence-corrected chi connectivity index (χ3v) is 3.01. The monoisotopic (exact) mass is 171 g/mol. The molecular weight excluding hydrogens is 150 g/mol. The fourth-order valence-corrected chi connectivity index (χ4v) is 2.03. The molecule has 2 N–H and O–H groups in total. The van der Waals surface area contributed by atoms with Crippen molar-refractivity contribution in [3.05, 3.63) is 0 Å². The molecule has 0 amide bonds. The molecule has 0 aliphatic heterocycles. The van der Waals surface area contributed by atoms with Crippen molar-refractivity contribution in [3.8, 4) is 0 Å². The van der Waals surface area contributed by atoms with E-state index in [2.05, 4.69) is 6.92 Å². The normalized spacial score (nSPS) is 25.2. The van der Waals surface area contributed by atoms with E-state index in [1.54, 1.807) is 0 Å². The summed E-state index contributed by atoms with van der Waals surface area (Å²) in [5, 5.41) is 0. The molecule has 1 unspecified atom stereocenters. The summed E-state index contributed by atoms with van der Waals surface area (Å²) in [6, 6.07) is 0. The van der Waals surface area contributed by atoms with Crippen LogP contribution in [0.25, 0.3) is 0 Å². The third kappa shape index (κ3) is 2.20. The molecule has 0 radical (unpaired) electrons. The average molecular weight is 171 g/mol. The van der Waals surface area contributed by atoms with E-state index in [1.807, 2.05) is 6.92 Å². The van der Waals surface area contributed by atoms with Gasteiger partial charge in [0.2, 0.25) is 0 Å². The molecule has 2 heteroatoms. The molecule has 0 aromatic heterocycles. The van der Waals surface area contributed by atoms with Crippen molar-refractivity contribution < 1.29 is 4.74 Å². The fraction of sp³-hybridized carbons (Fsp3) is 1.00. The molecule has 0 spiro atoms. The van der Waals surface area contributed by atoms with E-state index < -0.39 is 0 Å². The van der Waals surface area contributed by atoms with E-state index in [-0.39, 0.29) is 11.6 Å². The van der Waals surface area contributed by atoms with E-state index in [9.17, 15) is 0 Å². The molecule has 0 aromatic carbocycles. The zero-order valence-corrected chi connectivity index (χ0v) is 8.31. The molecule has 1 aliphatic carbocycles.